The number of nitrogens with zero attached hydrogens (tertiary/aromatic N) is 2. The first-order valence-electron chi connectivity index (χ1n) is 8.07. The average Bonchev–Trinajstić information content (AvgIpc) is 2.92. The lowest BCUT2D eigenvalue weighted by Gasteiger charge is -2.28. The first-order chi connectivity index (χ1) is 10.3. The summed E-state index contributed by atoms with van der Waals surface area (Å²) in [7, 11) is 0. The molecular formula is C16H25N3OS. The molecule has 1 aromatic rings. The van der Waals surface area contributed by atoms with Gasteiger partial charge in [0.25, 0.3) is 0 Å². The van der Waals surface area contributed by atoms with Gasteiger partial charge in [0.2, 0.25) is 5.91 Å². The normalized spacial score (nSPS) is 22.2. The first-order valence-corrected chi connectivity index (χ1v) is 8.95. The van der Waals surface area contributed by atoms with E-state index in [1.165, 1.54) is 4.88 Å². The minimum absolute atomic E-state index is 0.259. The van der Waals surface area contributed by atoms with Crippen LogP contribution in [0.1, 0.15) is 24.1 Å². The van der Waals surface area contributed by atoms with Gasteiger partial charge in [-0.1, -0.05) is 6.07 Å². The van der Waals surface area contributed by atoms with Gasteiger partial charge in [-0.15, -0.1) is 11.3 Å². The molecule has 5 heteroatoms. The van der Waals surface area contributed by atoms with Crippen LogP contribution in [-0.4, -0.2) is 55.0 Å². The van der Waals surface area contributed by atoms with Crippen molar-refractivity contribution in [1.29, 1.82) is 0 Å². The fraction of sp³-hybridized carbons (Fsp3) is 0.688. The van der Waals surface area contributed by atoms with Crippen LogP contribution in [0.4, 0.5) is 0 Å². The molecule has 0 spiro atoms. The third-order valence-electron chi connectivity index (χ3n) is 4.55. The molecule has 1 N–H and O–H groups in total. The van der Waals surface area contributed by atoms with Gasteiger partial charge >= 0.3 is 0 Å². The lowest BCUT2D eigenvalue weighted by molar-refractivity contribution is -0.136. The second-order valence-corrected chi connectivity index (χ2v) is 7.09. The Morgan fingerprint density at radius 1 is 1.24 bits per heavy atom. The fourth-order valence-corrected chi connectivity index (χ4v) is 4.05. The lowest BCUT2D eigenvalue weighted by Crippen LogP contribution is -2.42. The predicted octanol–water partition coefficient (Wildman–Crippen LogP) is 1.78. The van der Waals surface area contributed by atoms with Crippen LogP contribution < -0.4 is 5.32 Å². The van der Waals surface area contributed by atoms with Crippen LogP contribution >= 0.6 is 11.3 Å². The van der Waals surface area contributed by atoms with Gasteiger partial charge < -0.3 is 10.2 Å². The second-order valence-electron chi connectivity index (χ2n) is 6.06. The molecule has 0 aromatic carbocycles. The molecule has 3 rings (SSSR count). The highest BCUT2D eigenvalue weighted by Crippen LogP contribution is 2.18. The van der Waals surface area contributed by atoms with Crippen molar-refractivity contribution in [3.63, 3.8) is 0 Å². The summed E-state index contributed by atoms with van der Waals surface area (Å²) in [6.45, 7) is 6.97. The molecule has 3 heterocycles. The van der Waals surface area contributed by atoms with E-state index in [-0.39, 0.29) is 5.92 Å². The minimum atomic E-state index is 0.259. The second kappa shape index (κ2) is 7.38. The molecule has 2 saturated heterocycles. The predicted molar refractivity (Wildman–Crippen MR) is 86.4 cm³/mol. The van der Waals surface area contributed by atoms with Gasteiger partial charge in [0.05, 0.1) is 0 Å². The Morgan fingerprint density at radius 2 is 2.10 bits per heavy atom. The molecule has 2 aliphatic rings. The standard InChI is InChI=1S/C16H25N3OS/c20-16(14-4-6-17-7-5-14)19-9-2-8-18(10-11-19)13-15-3-1-12-21-15/h1,3,12,14,17H,2,4-11,13H2. The van der Waals surface area contributed by atoms with Gasteiger partial charge in [-0.3, -0.25) is 9.69 Å². The van der Waals surface area contributed by atoms with Crippen LogP contribution in [0, 0.1) is 5.92 Å². The van der Waals surface area contributed by atoms with Crippen molar-refractivity contribution >= 4 is 17.2 Å². The van der Waals surface area contributed by atoms with Crippen LogP contribution in [0.15, 0.2) is 17.5 Å². The quantitative estimate of drug-likeness (QED) is 0.925. The maximum absolute atomic E-state index is 12.6. The summed E-state index contributed by atoms with van der Waals surface area (Å²) in [5, 5.41) is 5.48. The van der Waals surface area contributed by atoms with Crippen LogP contribution in [0.25, 0.3) is 0 Å². The smallest absolute Gasteiger partial charge is 0.225 e. The molecule has 1 aromatic heterocycles. The van der Waals surface area contributed by atoms with Crippen LogP contribution in [0.3, 0.4) is 0 Å². The third kappa shape index (κ3) is 4.05. The number of hydrogen-bond acceptors (Lipinski definition) is 4. The highest BCUT2D eigenvalue weighted by Gasteiger charge is 2.27. The molecular weight excluding hydrogens is 282 g/mol. The van der Waals surface area contributed by atoms with Gasteiger partial charge in [0.1, 0.15) is 0 Å². The van der Waals surface area contributed by atoms with Crippen LogP contribution in [0.2, 0.25) is 0 Å². The topological polar surface area (TPSA) is 35.6 Å². The van der Waals surface area contributed by atoms with Crippen molar-refractivity contribution in [3.05, 3.63) is 22.4 Å². The van der Waals surface area contributed by atoms with Crippen molar-refractivity contribution in [2.75, 3.05) is 39.3 Å². The maximum atomic E-state index is 12.6. The highest BCUT2D eigenvalue weighted by atomic mass is 32.1. The molecule has 0 saturated carbocycles. The molecule has 1 amide bonds. The Labute approximate surface area is 131 Å². The molecule has 0 atom stereocenters. The van der Waals surface area contributed by atoms with E-state index in [1.54, 1.807) is 0 Å². The van der Waals surface area contributed by atoms with Crippen molar-refractivity contribution in [2.45, 2.75) is 25.8 Å². The van der Waals surface area contributed by atoms with E-state index in [1.807, 2.05) is 11.3 Å². The monoisotopic (exact) mass is 307 g/mol. The summed E-state index contributed by atoms with van der Waals surface area (Å²) < 4.78 is 0. The summed E-state index contributed by atoms with van der Waals surface area (Å²) in [4.78, 5) is 18.6. The average molecular weight is 307 g/mol. The number of rotatable bonds is 3. The SMILES string of the molecule is O=C(C1CCNCC1)N1CCCN(Cc2cccs2)CC1. The molecule has 2 aliphatic heterocycles. The van der Waals surface area contributed by atoms with Gasteiger partial charge in [0, 0.05) is 43.5 Å². The summed E-state index contributed by atoms with van der Waals surface area (Å²) in [5.74, 6) is 0.657. The zero-order chi connectivity index (χ0) is 14.5. The number of nitrogens with one attached hydrogen (secondary N) is 1. The molecule has 0 radical (unpaired) electrons. The van der Waals surface area contributed by atoms with Gasteiger partial charge in [0.15, 0.2) is 0 Å². The number of amides is 1. The highest BCUT2D eigenvalue weighted by molar-refractivity contribution is 7.09. The summed E-state index contributed by atoms with van der Waals surface area (Å²) in [6.07, 6.45) is 3.12. The molecule has 0 aliphatic carbocycles. The largest absolute Gasteiger partial charge is 0.341 e. The summed E-state index contributed by atoms with van der Waals surface area (Å²) >= 11 is 1.82. The number of thiophene rings is 1. The van der Waals surface area contributed by atoms with E-state index in [0.29, 0.717) is 5.91 Å². The molecule has 2 fully saturated rings. The summed E-state index contributed by atoms with van der Waals surface area (Å²) in [6, 6.07) is 4.32. The van der Waals surface area contributed by atoms with Crippen molar-refractivity contribution in [1.82, 2.24) is 15.1 Å². The zero-order valence-electron chi connectivity index (χ0n) is 12.6. The molecule has 0 unspecified atom stereocenters. The Bertz CT molecular complexity index is 442. The van der Waals surface area contributed by atoms with Gasteiger partial charge in [-0.25, -0.2) is 0 Å². The molecule has 0 bridgehead atoms. The third-order valence-corrected chi connectivity index (χ3v) is 5.41. The number of piperidine rings is 1. The van der Waals surface area contributed by atoms with E-state index in [9.17, 15) is 4.79 Å². The Balaban J connectivity index is 1.51. The van der Waals surface area contributed by atoms with Gasteiger partial charge in [-0.2, -0.15) is 0 Å². The van der Waals surface area contributed by atoms with Crippen molar-refractivity contribution in [2.24, 2.45) is 5.92 Å². The van der Waals surface area contributed by atoms with E-state index in [0.717, 1.165) is 65.1 Å². The van der Waals surface area contributed by atoms with Crippen LogP contribution in [0.5, 0.6) is 0 Å². The Morgan fingerprint density at radius 3 is 2.86 bits per heavy atom. The fourth-order valence-electron chi connectivity index (χ4n) is 3.30. The number of carbonyl (C=O) groups excluding carboxylic acids is 1. The molecule has 4 nitrogen and oxygen atoms in total. The van der Waals surface area contributed by atoms with Gasteiger partial charge in [-0.05, 0) is 43.8 Å². The van der Waals surface area contributed by atoms with E-state index in [2.05, 4.69) is 32.6 Å². The molecule has 116 valence electrons. The minimum Gasteiger partial charge on any atom is -0.341 e. The Hall–Kier alpha value is -0.910. The first kappa shape index (κ1) is 15.0. The van der Waals surface area contributed by atoms with Crippen molar-refractivity contribution < 1.29 is 4.79 Å². The number of carbonyl (C=O) groups is 1. The van der Waals surface area contributed by atoms with E-state index >= 15 is 0 Å². The lowest BCUT2D eigenvalue weighted by atomic mass is 9.96. The zero-order valence-corrected chi connectivity index (χ0v) is 13.4. The Kier molecular flexibility index (Phi) is 5.27. The van der Waals surface area contributed by atoms with E-state index in [4.69, 9.17) is 0 Å². The van der Waals surface area contributed by atoms with Crippen LogP contribution in [-0.2, 0) is 11.3 Å². The number of hydrogen-bond donors (Lipinski definition) is 1. The van der Waals surface area contributed by atoms with Crippen molar-refractivity contribution in [3.8, 4) is 0 Å². The maximum Gasteiger partial charge on any atom is 0.225 e. The van der Waals surface area contributed by atoms with E-state index < -0.39 is 0 Å². The summed E-state index contributed by atoms with van der Waals surface area (Å²) in [5.41, 5.74) is 0. The molecule has 21 heavy (non-hydrogen) atoms.